The lowest BCUT2D eigenvalue weighted by Gasteiger charge is -2.21. The molecule has 0 saturated heterocycles. The highest BCUT2D eigenvalue weighted by Gasteiger charge is 2.14. The molecule has 1 aromatic rings. The van der Waals surface area contributed by atoms with Crippen molar-refractivity contribution in [2.75, 3.05) is 0 Å². The molecule has 0 bridgehead atoms. The van der Waals surface area contributed by atoms with Crippen LogP contribution in [0.1, 0.15) is 68.7 Å². The lowest BCUT2D eigenvalue weighted by Crippen LogP contribution is -2.16. The van der Waals surface area contributed by atoms with Crippen molar-refractivity contribution in [3.05, 3.63) is 34.9 Å². The van der Waals surface area contributed by atoms with Crippen LogP contribution in [0.4, 0.5) is 0 Å². The van der Waals surface area contributed by atoms with E-state index in [4.69, 9.17) is 5.73 Å². The summed E-state index contributed by atoms with van der Waals surface area (Å²) in [6.45, 7) is 8.86. The van der Waals surface area contributed by atoms with Gasteiger partial charge in [0.25, 0.3) is 0 Å². The topological polar surface area (TPSA) is 26.0 Å². The van der Waals surface area contributed by atoms with Crippen LogP contribution in [-0.2, 0) is 0 Å². The van der Waals surface area contributed by atoms with Crippen molar-refractivity contribution in [1.82, 2.24) is 0 Å². The van der Waals surface area contributed by atoms with Gasteiger partial charge in [0.05, 0.1) is 0 Å². The molecule has 18 heavy (non-hydrogen) atoms. The van der Waals surface area contributed by atoms with Crippen LogP contribution in [0.5, 0.6) is 0 Å². The first-order chi connectivity index (χ1) is 8.58. The summed E-state index contributed by atoms with van der Waals surface area (Å²) >= 11 is 0. The summed E-state index contributed by atoms with van der Waals surface area (Å²) in [5.41, 5.74) is 10.4. The maximum absolute atomic E-state index is 6.39. The van der Waals surface area contributed by atoms with Gasteiger partial charge < -0.3 is 5.73 Å². The Kier molecular flexibility index (Phi) is 6.42. The Hall–Kier alpha value is -0.820. The lowest BCUT2D eigenvalue weighted by molar-refractivity contribution is 0.388. The second-order valence-corrected chi connectivity index (χ2v) is 5.62. The van der Waals surface area contributed by atoms with Crippen LogP contribution >= 0.6 is 0 Å². The zero-order chi connectivity index (χ0) is 13.5. The van der Waals surface area contributed by atoms with E-state index in [9.17, 15) is 0 Å². The van der Waals surface area contributed by atoms with E-state index >= 15 is 0 Å². The molecule has 1 aromatic carbocycles. The van der Waals surface area contributed by atoms with Crippen LogP contribution in [0.2, 0.25) is 0 Å². The molecule has 2 unspecified atom stereocenters. The van der Waals surface area contributed by atoms with E-state index in [-0.39, 0.29) is 6.04 Å². The highest BCUT2D eigenvalue weighted by atomic mass is 14.6. The van der Waals surface area contributed by atoms with Crippen molar-refractivity contribution >= 4 is 0 Å². The van der Waals surface area contributed by atoms with E-state index in [0.717, 1.165) is 12.3 Å². The van der Waals surface area contributed by atoms with Gasteiger partial charge in [-0.2, -0.15) is 0 Å². The van der Waals surface area contributed by atoms with E-state index in [1.165, 1.54) is 42.4 Å². The summed E-state index contributed by atoms with van der Waals surface area (Å²) in [6, 6.07) is 6.83. The Labute approximate surface area is 113 Å². The summed E-state index contributed by atoms with van der Waals surface area (Å²) in [4.78, 5) is 0. The molecule has 1 heteroatoms. The first-order valence-electron chi connectivity index (χ1n) is 7.41. The van der Waals surface area contributed by atoms with Crippen LogP contribution in [0, 0.1) is 19.8 Å². The van der Waals surface area contributed by atoms with Gasteiger partial charge in [0.2, 0.25) is 0 Å². The van der Waals surface area contributed by atoms with Gasteiger partial charge in [-0.25, -0.2) is 0 Å². The molecule has 0 fully saturated rings. The van der Waals surface area contributed by atoms with Gasteiger partial charge in [-0.15, -0.1) is 0 Å². The Morgan fingerprint density at radius 1 is 1.17 bits per heavy atom. The molecule has 102 valence electrons. The average molecular weight is 247 g/mol. The Bertz CT molecular complexity index is 357. The molecular weight excluding hydrogens is 218 g/mol. The average Bonchev–Trinajstić information content (AvgIpc) is 2.34. The van der Waals surface area contributed by atoms with Gasteiger partial charge in [0.15, 0.2) is 0 Å². The minimum absolute atomic E-state index is 0.201. The smallest absolute Gasteiger partial charge is 0.0300 e. The van der Waals surface area contributed by atoms with Gasteiger partial charge in [-0.1, -0.05) is 63.3 Å². The molecular formula is C17H29N. The number of nitrogens with two attached hydrogens (primary N) is 1. The summed E-state index contributed by atoms with van der Waals surface area (Å²) in [5.74, 6) is 0.778. The number of benzene rings is 1. The van der Waals surface area contributed by atoms with Crippen LogP contribution in [0.3, 0.4) is 0 Å². The van der Waals surface area contributed by atoms with Crippen LogP contribution in [0.25, 0.3) is 0 Å². The van der Waals surface area contributed by atoms with Crippen molar-refractivity contribution in [2.24, 2.45) is 11.7 Å². The maximum Gasteiger partial charge on any atom is 0.0300 e. The zero-order valence-electron chi connectivity index (χ0n) is 12.5. The van der Waals surface area contributed by atoms with Gasteiger partial charge in [-0.3, -0.25) is 0 Å². The van der Waals surface area contributed by atoms with Crippen LogP contribution < -0.4 is 5.73 Å². The molecule has 0 aliphatic heterocycles. The SMILES string of the molecule is CCCCC(CC)CC(N)c1ccc(C)cc1C. The molecule has 0 aromatic heterocycles. The maximum atomic E-state index is 6.39. The zero-order valence-corrected chi connectivity index (χ0v) is 12.5. The standard InChI is InChI=1S/C17H29N/c1-5-7-8-15(6-2)12-17(18)16-10-9-13(3)11-14(16)4/h9-11,15,17H,5-8,12,18H2,1-4H3. The summed E-state index contributed by atoms with van der Waals surface area (Å²) in [5, 5.41) is 0. The molecule has 0 radical (unpaired) electrons. The van der Waals surface area contributed by atoms with Crippen molar-refractivity contribution in [1.29, 1.82) is 0 Å². The summed E-state index contributed by atoms with van der Waals surface area (Å²) < 4.78 is 0. The second-order valence-electron chi connectivity index (χ2n) is 5.62. The lowest BCUT2D eigenvalue weighted by atomic mass is 9.88. The fourth-order valence-electron chi connectivity index (χ4n) is 2.71. The second kappa shape index (κ2) is 7.58. The predicted octanol–water partition coefficient (Wildman–Crippen LogP) is 4.91. The summed E-state index contributed by atoms with van der Waals surface area (Å²) in [6.07, 6.45) is 6.32. The third kappa shape index (κ3) is 4.45. The Morgan fingerprint density at radius 3 is 2.44 bits per heavy atom. The van der Waals surface area contributed by atoms with E-state index in [1.807, 2.05) is 0 Å². The fourth-order valence-corrected chi connectivity index (χ4v) is 2.71. The molecule has 0 aliphatic carbocycles. The van der Waals surface area contributed by atoms with E-state index in [2.05, 4.69) is 45.9 Å². The largest absolute Gasteiger partial charge is 0.324 e. The number of rotatable bonds is 7. The minimum Gasteiger partial charge on any atom is -0.324 e. The van der Waals surface area contributed by atoms with Crippen molar-refractivity contribution in [3.8, 4) is 0 Å². The monoisotopic (exact) mass is 247 g/mol. The minimum atomic E-state index is 0.201. The van der Waals surface area contributed by atoms with Crippen LogP contribution in [0.15, 0.2) is 18.2 Å². The van der Waals surface area contributed by atoms with E-state index < -0.39 is 0 Å². The molecule has 0 aliphatic rings. The highest BCUT2D eigenvalue weighted by molar-refractivity contribution is 5.32. The normalized spacial score (nSPS) is 14.5. The van der Waals surface area contributed by atoms with Crippen LogP contribution in [-0.4, -0.2) is 0 Å². The predicted molar refractivity (Wildman–Crippen MR) is 80.8 cm³/mol. The molecule has 0 spiro atoms. The molecule has 0 saturated carbocycles. The fraction of sp³-hybridized carbons (Fsp3) is 0.647. The van der Waals surface area contributed by atoms with Crippen molar-refractivity contribution in [2.45, 2.75) is 65.8 Å². The van der Waals surface area contributed by atoms with Gasteiger partial charge >= 0.3 is 0 Å². The number of unbranched alkanes of at least 4 members (excludes halogenated alkanes) is 1. The molecule has 2 N–H and O–H groups in total. The summed E-state index contributed by atoms with van der Waals surface area (Å²) in [7, 11) is 0. The number of hydrogen-bond donors (Lipinski definition) is 1. The van der Waals surface area contributed by atoms with Crippen molar-refractivity contribution < 1.29 is 0 Å². The van der Waals surface area contributed by atoms with E-state index in [0.29, 0.717) is 0 Å². The number of hydrogen-bond acceptors (Lipinski definition) is 1. The molecule has 0 amide bonds. The van der Waals surface area contributed by atoms with Gasteiger partial charge in [0.1, 0.15) is 0 Å². The molecule has 2 atom stereocenters. The first-order valence-corrected chi connectivity index (χ1v) is 7.41. The Balaban J connectivity index is 2.65. The molecule has 1 nitrogen and oxygen atoms in total. The van der Waals surface area contributed by atoms with Gasteiger partial charge in [-0.05, 0) is 37.3 Å². The first kappa shape index (κ1) is 15.2. The third-order valence-electron chi connectivity index (χ3n) is 3.96. The number of aryl methyl sites for hydroxylation is 2. The quantitative estimate of drug-likeness (QED) is 0.728. The molecule has 0 heterocycles. The third-order valence-corrected chi connectivity index (χ3v) is 3.96. The van der Waals surface area contributed by atoms with Crippen molar-refractivity contribution in [3.63, 3.8) is 0 Å². The molecule has 1 rings (SSSR count). The Morgan fingerprint density at radius 2 is 1.89 bits per heavy atom. The van der Waals surface area contributed by atoms with E-state index in [1.54, 1.807) is 0 Å². The van der Waals surface area contributed by atoms with Gasteiger partial charge in [0, 0.05) is 6.04 Å². The highest BCUT2D eigenvalue weighted by Crippen LogP contribution is 2.27.